The van der Waals surface area contributed by atoms with Gasteiger partial charge in [0.25, 0.3) is 0 Å². The van der Waals surface area contributed by atoms with Crippen molar-refractivity contribution in [2.75, 3.05) is 6.54 Å². The van der Waals surface area contributed by atoms with Crippen LogP contribution in [-0.4, -0.2) is 26.4 Å². The van der Waals surface area contributed by atoms with E-state index in [0.717, 1.165) is 43.1 Å². The van der Waals surface area contributed by atoms with Crippen molar-refractivity contribution in [3.8, 4) is 11.4 Å². The van der Waals surface area contributed by atoms with E-state index < -0.39 is 0 Å². The monoisotopic (exact) mass is 316 g/mol. The fourth-order valence-corrected chi connectivity index (χ4v) is 3.15. The molecule has 0 spiro atoms. The average Bonchev–Trinajstić information content (AvgIpc) is 2.64. The first-order valence-corrected chi connectivity index (χ1v) is 8.31. The van der Waals surface area contributed by atoms with E-state index in [9.17, 15) is 0 Å². The van der Waals surface area contributed by atoms with E-state index in [-0.39, 0.29) is 0 Å². The van der Waals surface area contributed by atoms with E-state index in [1.807, 2.05) is 24.5 Å². The minimum absolute atomic E-state index is 0.764. The van der Waals surface area contributed by atoms with Gasteiger partial charge in [0.15, 0.2) is 5.82 Å². The summed E-state index contributed by atoms with van der Waals surface area (Å²) >= 11 is 0. The molecule has 120 valence electrons. The molecule has 2 aromatic heterocycles. The first-order valence-electron chi connectivity index (χ1n) is 8.31. The maximum Gasteiger partial charge on any atom is 0.160 e. The van der Waals surface area contributed by atoms with Gasteiger partial charge in [-0.3, -0.25) is 9.88 Å². The molecule has 4 heteroatoms. The summed E-state index contributed by atoms with van der Waals surface area (Å²) in [5.41, 5.74) is 6.12. The zero-order valence-electron chi connectivity index (χ0n) is 13.8. The Labute approximate surface area is 142 Å². The van der Waals surface area contributed by atoms with Crippen LogP contribution < -0.4 is 0 Å². The highest BCUT2D eigenvalue weighted by atomic mass is 15.1. The second kappa shape index (κ2) is 6.49. The standard InChI is InChI=1S/C20H20N4/c1-15-5-2-3-6-18(15)13-24-10-8-16-12-22-20(23-19(16)14-24)17-7-4-9-21-11-17/h2-7,9,11-12H,8,10,13-14H2,1H3. The Morgan fingerprint density at radius 1 is 1.08 bits per heavy atom. The molecule has 0 N–H and O–H groups in total. The van der Waals surface area contributed by atoms with E-state index >= 15 is 0 Å². The number of benzene rings is 1. The van der Waals surface area contributed by atoms with Crippen LogP contribution in [0.15, 0.2) is 55.0 Å². The third-order valence-corrected chi connectivity index (χ3v) is 4.60. The molecule has 24 heavy (non-hydrogen) atoms. The molecule has 4 nitrogen and oxygen atoms in total. The second-order valence-corrected chi connectivity index (χ2v) is 6.29. The van der Waals surface area contributed by atoms with Crippen molar-refractivity contribution in [1.82, 2.24) is 19.9 Å². The van der Waals surface area contributed by atoms with Gasteiger partial charge in [0.05, 0.1) is 5.69 Å². The van der Waals surface area contributed by atoms with Crippen molar-refractivity contribution < 1.29 is 0 Å². The molecular weight excluding hydrogens is 296 g/mol. The van der Waals surface area contributed by atoms with Crippen molar-refractivity contribution in [3.63, 3.8) is 0 Å². The molecule has 0 saturated carbocycles. The smallest absolute Gasteiger partial charge is 0.160 e. The summed E-state index contributed by atoms with van der Waals surface area (Å²) < 4.78 is 0. The van der Waals surface area contributed by atoms with E-state index in [1.165, 1.54) is 16.7 Å². The number of nitrogens with zero attached hydrogens (tertiary/aromatic N) is 4. The minimum Gasteiger partial charge on any atom is -0.293 e. The third kappa shape index (κ3) is 3.05. The van der Waals surface area contributed by atoms with Gasteiger partial charge >= 0.3 is 0 Å². The summed E-state index contributed by atoms with van der Waals surface area (Å²) in [6.45, 7) is 5.07. The van der Waals surface area contributed by atoms with Crippen LogP contribution in [0.3, 0.4) is 0 Å². The summed E-state index contributed by atoms with van der Waals surface area (Å²) in [6.07, 6.45) is 6.58. The Balaban J connectivity index is 1.57. The summed E-state index contributed by atoms with van der Waals surface area (Å²) in [5, 5.41) is 0. The molecule has 0 unspecified atom stereocenters. The predicted molar refractivity (Wildman–Crippen MR) is 94.3 cm³/mol. The van der Waals surface area contributed by atoms with Crippen LogP contribution in [0.2, 0.25) is 0 Å². The number of aromatic nitrogens is 3. The highest BCUT2D eigenvalue weighted by Gasteiger charge is 2.19. The zero-order valence-corrected chi connectivity index (χ0v) is 13.8. The number of hydrogen-bond donors (Lipinski definition) is 0. The maximum atomic E-state index is 4.81. The number of hydrogen-bond acceptors (Lipinski definition) is 4. The fraction of sp³-hybridized carbons (Fsp3) is 0.250. The number of rotatable bonds is 3. The quantitative estimate of drug-likeness (QED) is 0.742. The van der Waals surface area contributed by atoms with Crippen LogP contribution in [-0.2, 0) is 19.5 Å². The molecule has 0 bridgehead atoms. The second-order valence-electron chi connectivity index (χ2n) is 6.29. The normalized spacial score (nSPS) is 14.4. The third-order valence-electron chi connectivity index (χ3n) is 4.60. The number of aryl methyl sites for hydroxylation is 1. The Hall–Kier alpha value is -2.59. The van der Waals surface area contributed by atoms with E-state index in [0.29, 0.717) is 0 Å². The van der Waals surface area contributed by atoms with Gasteiger partial charge < -0.3 is 0 Å². The molecular formula is C20H20N4. The molecule has 0 aliphatic carbocycles. The molecule has 0 atom stereocenters. The van der Waals surface area contributed by atoms with Gasteiger partial charge in [-0.25, -0.2) is 9.97 Å². The Bertz CT molecular complexity index is 845. The lowest BCUT2D eigenvalue weighted by atomic mass is 10.0. The average molecular weight is 316 g/mol. The first-order chi connectivity index (χ1) is 11.8. The van der Waals surface area contributed by atoms with Gasteiger partial charge in [-0.1, -0.05) is 24.3 Å². The predicted octanol–water partition coefficient (Wildman–Crippen LogP) is 3.41. The molecule has 1 aromatic carbocycles. The fourth-order valence-electron chi connectivity index (χ4n) is 3.15. The molecule has 0 amide bonds. The van der Waals surface area contributed by atoms with Crippen LogP contribution in [0.5, 0.6) is 0 Å². The topological polar surface area (TPSA) is 41.9 Å². The SMILES string of the molecule is Cc1ccccc1CN1CCc2cnc(-c3cccnc3)nc2C1. The lowest BCUT2D eigenvalue weighted by Crippen LogP contribution is -2.31. The van der Waals surface area contributed by atoms with Gasteiger partial charge in [-0.2, -0.15) is 0 Å². The Morgan fingerprint density at radius 3 is 2.83 bits per heavy atom. The van der Waals surface area contributed by atoms with Gasteiger partial charge in [0, 0.05) is 43.8 Å². The van der Waals surface area contributed by atoms with Crippen LogP contribution in [0.4, 0.5) is 0 Å². The van der Waals surface area contributed by atoms with Gasteiger partial charge in [-0.15, -0.1) is 0 Å². The lowest BCUT2D eigenvalue weighted by molar-refractivity contribution is 0.241. The van der Waals surface area contributed by atoms with Gasteiger partial charge in [-0.05, 0) is 42.2 Å². The Kier molecular flexibility index (Phi) is 4.05. The molecule has 3 aromatic rings. The summed E-state index contributed by atoms with van der Waals surface area (Å²) in [4.78, 5) is 15.9. The van der Waals surface area contributed by atoms with E-state index in [1.54, 1.807) is 6.20 Å². The van der Waals surface area contributed by atoms with Crippen LogP contribution in [0.1, 0.15) is 22.4 Å². The van der Waals surface area contributed by atoms with Crippen LogP contribution in [0, 0.1) is 6.92 Å². The number of pyridine rings is 1. The zero-order chi connectivity index (χ0) is 16.4. The molecule has 3 heterocycles. The molecule has 1 aliphatic heterocycles. The Morgan fingerprint density at radius 2 is 2.00 bits per heavy atom. The minimum atomic E-state index is 0.764. The van der Waals surface area contributed by atoms with E-state index in [2.05, 4.69) is 46.1 Å². The maximum absolute atomic E-state index is 4.81. The first kappa shape index (κ1) is 15.0. The molecule has 0 saturated heterocycles. The van der Waals surface area contributed by atoms with Gasteiger partial charge in [0.2, 0.25) is 0 Å². The van der Waals surface area contributed by atoms with Gasteiger partial charge in [0.1, 0.15) is 0 Å². The largest absolute Gasteiger partial charge is 0.293 e. The summed E-state index contributed by atoms with van der Waals surface area (Å²) in [7, 11) is 0. The highest BCUT2D eigenvalue weighted by Crippen LogP contribution is 2.22. The highest BCUT2D eigenvalue weighted by molar-refractivity contribution is 5.53. The molecule has 0 fully saturated rings. The molecule has 0 radical (unpaired) electrons. The van der Waals surface area contributed by atoms with Crippen molar-refractivity contribution in [2.24, 2.45) is 0 Å². The van der Waals surface area contributed by atoms with Crippen LogP contribution in [0.25, 0.3) is 11.4 Å². The summed E-state index contributed by atoms with van der Waals surface area (Å²) in [6, 6.07) is 12.5. The van der Waals surface area contributed by atoms with Crippen molar-refractivity contribution in [1.29, 1.82) is 0 Å². The lowest BCUT2D eigenvalue weighted by Gasteiger charge is -2.28. The van der Waals surface area contributed by atoms with Crippen molar-refractivity contribution in [2.45, 2.75) is 26.4 Å². The van der Waals surface area contributed by atoms with Crippen LogP contribution >= 0.6 is 0 Å². The molecule has 1 aliphatic rings. The van der Waals surface area contributed by atoms with Crippen molar-refractivity contribution >= 4 is 0 Å². The number of fused-ring (bicyclic) bond motifs is 1. The summed E-state index contributed by atoms with van der Waals surface area (Å²) in [5.74, 6) is 0.764. The van der Waals surface area contributed by atoms with E-state index in [4.69, 9.17) is 4.98 Å². The molecule has 4 rings (SSSR count). The van der Waals surface area contributed by atoms with Crippen molar-refractivity contribution in [3.05, 3.63) is 77.4 Å².